The number of likely N-dealkylation sites (N-methyl/N-ethyl adjacent to an activating group) is 1. The van der Waals surface area contributed by atoms with E-state index in [1.807, 2.05) is 54.6 Å². The summed E-state index contributed by atoms with van der Waals surface area (Å²) in [4.78, 5) is 21.4. The fraction of sp³-hybridized carbons (Fsp3) is 0.100. The van der Waals surface area contributed by atoms with E-state index in [-0.39, 0.29) is 11.3 Å². The molecule has 0 radical (unpaired) electrons. The van der Waals surface area contributed by atoms with Gasteiger partial charge >= 0.3 is 5.97 Å². The SMILES string of the molecule is CN([C@@H](Cc1ccccc1)C(=O)O)S(=O)(=O)c1ccc(Nc2nc(-c3ccccc3)c3cc(Br)ccc3n2)cc1. The summed E-state index contributed by atoms with van der Waals surface area (Å²) < 4.78 is 28.5. The molecule has 2 N–H and O–H groups in total. The van der Waals surface area contributed by atoms with Crippen molar-refractivity contribution in [1.29, 1.82) is 0 Å². The third-order valence-electron chi connectivity index (χ3n) is 6.49. The van der Waals surface area contributed by atoms with Crippen LogP contribution in [-0.4, -0.2) is 46.9 Å². The summed E-state index contributed by atoms with van der Waals surface area (Å²) in [6.45, 7) is 0. The van der Waals surface area contributed by atoms with Crippen molar-refractivity contribution >= 4 is 54.5 Å². The molecule has 10 heteroatoms. The number of nitrogens with zero attached hydrogens (tertiary/aromatic N) is 3. The van der Waals surface area contributed by atoms with Crippen molar-refractivity contribution in [3.8, 4) is 11.3 Å². The van der Waals surface area contributed by atoms with Crippen LogP contribution in [0.1, 0.15) is 5.56 Å². The molecule has 0 saturated heterocycles. The number of carboxylic acids is 1. The molecule has 0 amide bonds. The first-order chi connectivity index (χ1) is 19.2. The number of rotatable bonds is 9. The number of carbonyl (C=O) groups is 1. The summed E-state index contributed by atoms with van der Waals surface area (Å²) in [7, 11) is -2.79. The molecule has 1 aromatic heterocycles. The van der Waals surface area contributed by atoms with Gasteiger partial charge in [0.25, 0.3) is 0 Å². The van der Waals surface area contributed by atoms with Crippen LogP contribution in [0, 0.1) is 0 Å². The number of aliphatic carboxylic acids is 1. The zero-order valence-corrected chi connectivity index (χ0v) is 23.8. The van der Waals surface area contributed by atoms with Gasteiger partial charge in [-0.2, -0.15) is 4.31 Å². The van der Waals surface area contributed by atoms with Crippen LogP contribution >= 0.6 is 15.9 Å². The highest BCUT2D eigenvalue weighted by molar-refractivity contribution is 9.10. The number of hydrogen-bond acceptors (Lipinski definition) is 6. The van der Waals surface area contributed by atoms with Gasteiger partial charge in [-0.05, 0) is 54.4 Å². The Kier molecular flexibility index (Phi) is 7.92. The third kappa shape index (κ3) is 5.89. The average molecular weight is 618 g/mol. The van der Waals surface area contributed by atoms with Crippen LogP contribution in [0.15, 0.2) is 112 Å². The van der Waals surface area contributed by atoms with E-state index in [0.717, 1.165) is 36.5 Å². The monoisotopic (exact) mass is 616 g/mol. The van der Waals surface area contributed by atoms with E-state index in [2.05, 4.69) is 26.2 Å². The minimum atomic E-state index is -4.08. The number of carboxylic acid groups (broad SMARTS) is 1. The molecule has 1 heterocycles. The lowest BCUT2D eigenvalue weighted by molar-refractivity contribution is -0.141. The summed E-state index contributed by atoms with van der Waals surface area (Å²) in [6.07, 6.45) is 0.0468. The maximum absolute atomic E-state index is 13.3. The van der Waals surface area contributed by atoms with Crippen LogP contribution in [0.4, 0.5) is 11.6 Å². The van der Waals surface area contributed by atoms with Crippen molar-refractivity contribution < 1.29 is 18.3 Å². The standard InChI is InChI=1S/C30H25BrN4O4S/c1-35(27(29(36)37)18-20-8-4-2-5-9-20)40(38,39)24-15-13-23(14-16-24)32-30-33-26-17-12-22(31)19-25(26)28(34-30)21-10-6-3-7-11-21/h2-17,19,27H,18H2,1H3,(H,36,37)(H,32,33,34)/t27-/m0/s1. The van der Waals surface area contributed by atoms with Crippen LogP contribution in [-0.2, 0) is 21.2 Å². The number of anilines is 2. The van der Waals surface area contributed by atoms with E-state index >= 15 is 0 Å². The van der Waals surface area contributed by atoms with Crippen molar-refractivity contribution in [1.82, 2.24) is 14.3 Å². The molecule has 0 bridgehead atoms. The quantitative estimate of drug-likeness (QED) is 0.205. The fourth-order valence-corrected chi connectivity index (χ4v) is 6.03. The van der Waals surface area contributed by atoms with E-state index in [0.29, 0.717) is 11.6 Å². The Bertz CT molecular complexity index is 1770. The molecule has 0 unspecified atom stereocenters. The van der Waals surface area contributed by atoms with Gasteiger partial charge in [-0.15, -0.1) is 0 Å². The number of benzene rings is 4. The van der Waals surface area contributed by atoms with Gasteiger partial charge in [0.1, 0.15) is 6.04 Å². The molecular weight excluding hydrogens is 592 g/mol. The Morgan fingerprint density at radius 3 is 2.23 bits per heavy atom. The molecule has 0 aliphatic heterocycles. The van der Waals surface area contributed by atoms with E-state index < -0.39 is 22.0 Å². The van der Waals surface area contributed by atoms with Crippen LogP contribution in [0.5, 0.6) is 0 Å². The van der Waals surface area contributed by atoms with Crippen LogP contribution < -0.4 is 5.32 Å². The summed E-state index contributed by atoms with van der Waals surface area (Å²) in [5.74, 6) is -0.863. The normalized spacial score (nSPS) is 12.4. The lowest BCUT2D eigenvalue weighted by atomic mass is 10.1. The first-order valence-corrected chi connectivity index (χ1v) is 14.6. The molecule has 4 aromatic carbocycles. The number of aromatic nitrogens is 2. The fourth-order valence-electron chi connectivity index (χ4n) is 4.35. The molecule has 202 valence electrons. The molecule has 5 aromatic rings. The van der Waals surface area contributed by atoms with Crippen molar-refractivity contribution in [2.75, 3.05) is 12.4 Å². The summed E-state index contributed by atoms with van der Waals surface area (Å²) in [5, 5.41) is 13.8. The second kappa shape index (κ2) is 11.5. The predicted octanol–water partition coefficient (Wildman–Crippen LogP) is 6.12. The van der Waals surface area contributed by atoms with E-state index in [4.69, 9.17) is 4.98 Å². The second-order valence-electron chi connectivity index (χ2n) is 9.14. The molecule has 0 aliphatic rings. The minimum Gasteiger partial charge on any atom is -0.480 e. The Labute approximate surface area is 240 Å². The van der Waals surface area contributed by atoms with Crippen molar-refractivity contribution in [2.45, 2.75) is 17.4 Å². The van der Waals surface area contributed by atoms with Gasteiger partial charge in [0.05, 0.1) is 16.1 Å². The lowest BCUT2D eigenvalue weighted by Gasteiger charge is -2.24. The highest BCUT2D eigenvalue weighted by Gasteiger charge is 2.33. The van der Waals surface area contributed by atoms with E-state index in [1.165, 1.54) is 19.2 Å². The zero-order valence-electron chi connectivity index (χ0n) is 21.4. The van der Waals surface area contributed by atoms with Crippen LogP contribution in [0.3, 0.4) is 0 Å². The van der Waals surface area contributed by atoms with Gasteiger partial charge < -0.3 is 10.4 Å². The maximum atomic E-state index is 13.3. The number of halogens is 1. The van der Waals surface area contributed by atoms with Crippen molar-refractivity contribution in [3.05, 3.63) is 113 Å². The van der Waals surface area contributed by atoms with Gasteiger partial charge in [0.15, 0.2) is 0 Å². The molecule has 5 rings (SSSR count). The molecule has 0 saturated carbocycles. The van der Waals surface area contributed by atoms with Crippen LogP contribution in [0.2, 0.25) is 0 Å². The van der Waals surface area contributed by atoms with Gasteiger partial charge in [-0.25, -0.2) is 18.4 Å². The lowest BCUT2D eigenvalue weighted by Crippen LogP contribution is -2.43. The minimum absolute atomic E-state index is 0.0193. The topological polar surface area (TPSA) is 112 Å². The second-order valence-corrected chi connectivity index (χ2v) is 12.1. The Hall–Kier alpha value is -4.12. The molecule has 40 heavy (non-hydrogen) atoms. The number of hydrogen-bond donors (Lipinski definition) is 2. The van der Waals surface area contributed by atoms with Gasteiger partial charge in [0.2, 0.25) is 16.0 Å². The first-order valence-electron chi connectivity index (χ1n) is 12.4. The number of nitrogens with one attached hydrogen (secondary N) is 1. The van der Waals surface area contributed by atoms with Gasteiger partial charge in [0, 0.05) is 28.2 Å². The van der Waals surface area contributed by atoms with Crippen molar-refractivity contribution in [2.24, 2.45) is 0 Å². The molecule has 0 fully saturated rings. The zero-order chi connectivity index (χ0) is 28.3. The predicted molar refractivity (Wildman–Crippen MR) is 159 cm³/mol. The molecule has 0 spiro atoms. The highest BCUT2D eigenvalue weighted by Crippen LogP contribution is 2.30. The first kappa shape index (κ1) is 27.4. The largest absolute Gasteiger partial charge is 0.480 e. The van der Waals surface area contributed by atoms with Gasteiger partial charge in [-0.1, -0.05) is 76.6 Å². The van der Waals surface area contributed by atoms with Crippen LogP contribution in [0.25, 0.3) is 22.2 Å². The molecule has 8 nitrogen and oxygen atoms in total. The maximum Gasteiger partial charge on any atom is 0.322 e. The molecule has 1 atom stereocenters. The molecular formula is C30H25BrN4O4S. The molecule has 0 aliphatic carbocycles. The smallest absolute Gasteiger partial charge is 0.322 e. The number of sulfonamides is 1. The summed E-state index contributed by atoms with van der Waals surface area (Å²) >= 11 is 3.52. The number of fused-ring (bicyclic) bond motifs is 1. The Morgan fingerprint density at radius 1 is 0.925 bits per heavy atom. The Morgan fingerprint density at radius 2 is 1.57 bits per heavy atom. The summed E-state index contributed by atoms with van der Waals surface area (Å²) in [6, 6.07) is 29.3. The summed E-state index contributed by atoms with van der Waals surface area (Å²) in [5.41, 5.74) is 3.75. The average Bonchev–Trinajstić information content (AvgIpc) is 2.96. The third-order valence-corrected chi connectivity index (χ3v) is 8.86. The van der Waals surface area contributed by atoms with E-state index in [1.54, 1.807) is 36.4 Å². The highest BCUT2D eigenvalue weighted by atomic mass is 79.9. The van der Waals surface area contributed by atoms with E-state index in [9.17, 15) is 18.3 Å². The Balaban J connectivity index is 1.41. The van der Waals surface area contributed by atoms with Gasteiger partial charge in [-0.3, -0.25) is 4.79 Å². The van der Waals surface area contributed by atoms with Crippen molar-refractivity contribution in [3.63, 3.8) is 0 Å².